The minimum absolute atomic E-state index is 0.0118. The maximum Gasteiger partial charge on any atom is 0.259 e. The number of carbonyl (C=O) groups is 1. The number of carbonyl (C=O) groups excluding carboxylic acids is 1. The largest absolute Gasteiger partial charge is 0.507 e. The smallest absolute Gasteiger partial charge is 0.259 e. The lowest BCUT2D eigenvalue weighted by molar-refractivity contribution is 0.0990. The van der Waals surface area contributed by atoms with E-state index in [9.17, 15) is 9.90 Å². The van der Waals surface area contributed by atoms with Crippen molar-refractivity contribution in [1.29, 1.82) is 0 Å². The number of phenolic OH excluding ortho intramolecular Hbond substituents is 1. The fraction of sp³-hybridized carbons (Fsp3) is 0.167. The molecule has 0 saturated carbocycles. The Kier molecular flexibility index (Phi) is 2.94. The lowest BCUT2D eigenvalue weighted by atomic mass is 10.0. The van der Waals surface area contributed by atoms with Crippen LogP contribution in [-0.4, -0.2) is 17.6 Å². The van der Waals surface area contributed by atoms with E-state index in [-0.39, 0.29) is 11.7 Å². The van der Waals surface area contributed by atoms with Crippen molar-refractivity contribution in [3.8, 4) is 5.75 Å². The number of anilines is 1. The van der Waals surface area contributed by atoms with Crippen LogP contribution in [0.2, 0.25) is 0 Å². The Morgan fingerprint density at radius 1 is 1.23 bits per heavy atom. The first-order valence-corrected chi connectivity index (χ1v) is 8.13. The first-order valence-electron chi connectivity index (χ1n) is 7.26. The summed E-state index contributed by atoms with van der Waals surface area (Å²) >= 11 is 1.58. The van der Waals surface area contributed by atoms with Gasteiger partial charge in [-0.3, -0.25) is 4.79 Å². The van der Waals surface area contributed by atoms with Crippen LogP contribution < -0.4 is 4.90 Å². The molecule has 4 heteroatoms. The van der Waals surface area contributed by atoms with Gasteiger partial charge in [0.15, 0.2) is 0 Å². The second kappa shape index (κ2) is 4.85. The zero-order valence-corrected chi connectivity index (χ0v) is 13.0. The lowest BCUT2D eigenvalue weighted by Gasteiger charge is -2.17. The fourth-order valence-corrected chi connectivity index (χ4v) is 3.85. The van der Waals surface area contributed by atoms with Crippen LogP contribution in [0.15, 0.2) is 41.8 Å². The van der Waals surface area contributed by atoms with E-state index in [4.69, 9.17) is 0 Å². The molecule has 0 atom stereocenters. The maximum absolute atomic E-state index is 12.7. The van der Waals surface area contributed by atoms with Crippen molar-refractivity contribution in [3.63, 3.8) is 0 Å². The van der Waals surface area contributed by atoms with E-state index in [1.165, 1.54) is 0 Å². The average Bonchev–Trinajstić information content (AvgIpc) is 3.13. The van der Waals surface area contributed by atoms with Gasteiger partial charge < -0.3 is 10.0 Å². The van der Waals surface area contributed by atoms with Crippen molar-refractivity contribution in [3.05, 3.63) is 57.8 Å². The van der Waals surface area contributed by atoms with Crippen LogP contribution in [-0.2, 0) is 6.42 Å². The zero-order valence-electron chi connectivity index (χ0n) is 12.2. The SMILES string of the molecule is Cc1cc(C(=O)N2CCc3c2cc(O)c2ccccc32)cs1. The number of aromatic hydroxyl groups is 1. The van der Waals surface area contributed by atoms with Gasteiger partial charge in [-0.05, 0) is 30.4 Å². The molecule has 0 fully saturated rings. The highest BCUT2D eigenvalue weighted by atomic mass is 32.1. The summed E-state index contributed by atoms with van der Waals surface area (Å²) in [5.74, 6) is 0.244. The van der Waals surface area contributed by atoms with E-state index in [1.807, 2.05) is 42.6 Å². The van der Waals surface area contributed by atoms with E-state index < -0.39 is 0 Å². The quantitative estimate of drug-likeness (QED) is 0.734. The molecule has 0 bridgehead atoms. The van der Waals surface area contributed by atoms with Crippen LogP contribution in [0.5, 0.6) is 5.75 Å². The van der Waals surface area contributed by atoms with E-state index in [0.717, 1.165) is 38.9 Å². The maximum atomic E-state index is 12.7. The number of rotatable bonds is 1. The van der Waals surface area contributed by atoms with Crippen LogP contribution in [0.4, 0.5) is 5.69 Å². The number of nitrogens with zero attached hydrogens (tertiary/aromatic N) is 1. The van der Waals surface area contributed by atoms with Crippen molar-refractivity contribution >= 4 is 33.7 Å². The van der Waals surface area contributed by atoms with Gasteiger partial charge in [-0.2, -0.15) is 0 Å². The predicted octanol–water partition coefficient (Wildman–Crippen LogP) is 4.12. The molecular weight excluding hydrogens is 294 g/mol. The normalized spacial score (nSPS) is 13.6. The highest BCUT2D eigenvalue weighted by Gasteiger charge is 2.28. The van der Waals surface area contributed by atoms with Gasteiger partial charge in [-0.1, -0.05) is 24.3 Å². The third-order valence-corrected chi connectivity index (χ3v) is 5.07. The molecule has 3 nitrogen and oxygen atoms in total. The first kappa shape index (κ1) is 13.3. The second-order valence-electron chi connectivity index (χ2n) is 5.59. The Morgan fingerprint density at radius 3 is 2.73 bits per heavy atom. The van der Waals surface area contributed by atoms with Crippen LogP contribution in [0.1, 0.15) is 20.8 Å². The summed E-state index contributed by atoms with van der Waals surface area (Å²) in [6, 6.07) is 11.5. The highest BCUT2D eigenvalue weighted by molar-refractivity contribution is 7.10. The molecule has 0 radical (unpaired) electrons. The van der Waals surface area contributed by atoms with Crippen molar-refractivity contribution in [2.45, 2.75) is 13.3 Å². The number of benzene rings is 2. The molecule has 1 aliphatic rings. The van der Waals surface area contributed by atoms with Gasteiger partial charge in [0.1, 0.15) is 5.75 Å². The molecule has 4 rings (SSSR count). The molecule has 3 aromatic rings. The van der Waals surface area contributed by atoms with E-state index in [2.05, 4.69) is 0 Å². The summed E-state index contributed by atoms with van der Waals surface area (Å²) in [6.07, 6.45) is 0.824. The van der Waals surface area contributed by atoms with Gasteiger partial charge in [0.2, 0.25) is 0 Å². The molecule has 0 aliphatic carbocycles. The molecule has 1 aliphatic heterocycles. The molecule has 1 N–H and O–H groups in total. The van der Waals surface area contributed by atoms with Crippen LogP contribution >= 0.6 is 11.3 Å². The average molecular weight is 309 g/mol. The summed E-state index contributed by atoms with van der Waals surface area (Å²) in [5.41, 5.74) is 2.71. The number of hydrogen-bond acceptors (Lipinski definition) is 3. The summed E-state index contributed by atoms with van der Waals surface area (Å²) in [6.45, 7) is 2.66. The first-order chi connectivity index (χ1) is 10.6. The monoisotopic (exact) mass is 309 g/mol. The van der Waals surface area contributed by atoms with Gasteiger partial charge in [0.25, 0.3) is 5.91 Å². The zero-order chi connectivity index (χ0) is 15.3. The fourth-order valence-electron chi connectivity index (χ4n) is 3.17. The number of aryl methyl sites for hydroxylation is 1. The van der Waals surface area contributed by atoms with E-state index in [1.54, 1.807) is 22.3 Å². The minimum atomic E-state index is 0.0118. The molecule has 0 unspecified atom stereocenters. The molecule has 1 amide bonds. The summed E-state index contributed by atoms with van der Waals surface area (Å²) in [4.78, 5) is 15.6. The van der Waals surface area contributed by atoms with Crippen molar-refractivity contribution in [2.24, 2.45) is 0 Å². The lowest BCUT2D eigenvalue weighted by Crippen LogP contribution is -2.28. The molecule has 2 aromatic carbocycles. The number of thiophene rings is 1. The number of fused-ring (bicyclic) bond motifs is 3. The Labute approximate surface area is 132 Å². The van der Waals surface area contributed by atoms with Gasteiger partial charge >= 0.3 is 0 Å². The third kappa shape index (κ3) is 1.91. The van der Waals surface area contributed by atoms with Crippen molar-refractivity contribution in [1.82, 2.24) is 0 Å². The second-order valence-corrected chi connectivity index (χ2v) is 6.71. The molecule has 1 aromatic heterocycles. The van der Waals surface area contributed by atoms with Gasteiger partial charge in [-0.15, -0.1) is 11.3 Å². The Morgan fingerprint density at radius 2 is 2.00 bits per heavy atom. The van der Waals surface area contributed by atoms with Gasteiger partial charge in [0.05, 0.1) is 11.3 Å². The third-order valence-electron chi connectivity index (χ3n) is 4.21. The number of phenols is 1. The van der Waals surface area contributed by atoms with Crippen LogP contribution in [0, 0.1) is 6.92 Å². The summed E-state index contributed by atoms with van der Waals surface area (Å²) < 4.78 is 0. The van der Waals surface area contributed by atoms with Crippen molar-refractivity contribution < 1.29 is 9.90 Å². The molecule has 110 valence electrons. The Balaban J connectivity index is 1.84. The van der Waals surface area contributed by atoms with E-state index in [0.29, 0.717) is 6.54 Å². The molecule has 0 spiro atoms. The highest BCUT2D eigenvalue weighted by Crippen LogP contribution is 2.40. The predicted molar refractivity (Wildman–Crippen MR) is 90.0 cm³/mol. The Bertz CT molecular complexity index is 897. The Hall–Kier alpha value is -2.33. The standard InChI is InChI=1S/C18H15NO2S/c1-11-8-12(10-22-11)18(21)19-7-6-14-13-4-2-3-5-15(13)17(20)9-16(14)19/h2-5,8-10,20H,6-7H2,1H3. The number of hydrogen-bond donors (Lipinski definition) is 1. The molecule has 0 saturated heterocycles. The van der Waals surface area contributed by atoms with Crippen LogP contribution in [0.25, 0.3) is 10.8 Å². The van der Waals surface area contributed by atoms with E-state index >= 15 is 0 Å². The number of amides is 1. The van der Waals surface area contributed by atoms with Crippen LogP contribution in [0.3, 0.4) is 0 Å². The molecule has 2 heterocycles. The van der Waals surface area contributed by atoms with Crippen molar-refractivity contribution in [2.75, 3.05) is 11.4 Å². The minimum Gasteiger partial charge on any atom is -0.507 e. The summed E-state index contributed by atoms with van der Waals surface area (Å²) in [5, 5.41) is 14.1. The van der Waals surface area contributed by atoms with Gasteiger partial charge in [0, 0.05) is 28.3 Å². The van der Waals surface area contributed by atoms with Gasteiger partial charge in [-0.25, -0.2) is 0 Å². The molecule has 22 heavy (non-hydrogen) atoms. The summed E-state index contributed by atoms with van der Waals surface area (Å²) in [7, 11) is 0. The molecular formula is C18H15NO2S. The topological polar surface area (TPSA) is 40.5 Å².